The number of nitrogens with one attached hydrogen (secondary N) is 2. The summed E-state index contributed by atoms with van der Waals surface area (Å²) in [6.45, 7) is 8.37. The van der Waals surface area contributed by atoms with E-state index in [9.17, 15) is 14.4 Å². The molecule has 188 valence electrons. The highest BCUT2D eigenvalue weighted by Gasteiger charge is 2.19. The van der Waals surface area contributed by atoms with E-state index in [0.29, 0.717) is 33.9 Å². The van der Waals surface area contributed by atoms with Crippen LogP contribution in [0.25, 0.3) is 16.7 Å². The fourth-order valence-electron chi connectivity index (χ4n) is 3.90. The molecule has 0 saturated heterocycles. The number of hydrogen-bond donors (Lipinski definition) is 2. The number of anilines is 1. The zero-order valence-electron chi connectivity index (χ0n) is 20.9. The summed E-state index contributed by atoms with van der Waals surface area (Å²) in [6.07, 6.45) is 1.55. The first kappa shape index (κ1) is 25.4. The molecular weight excluding hydrogens is 476 g/mol. The van der Waals surface area contributed by atoms with E-state index in [-0.39, 0.29) is 29.2 Å². The van der Waals surface area contributed by atoms with Gasteiger partial charge in [0.2, 0.25) is 11.7 Å². The summed E-state index contributed by atoms with van der Waals surface area (Å²) >= 11 is 1.23. The van der Waals surface area contributed by atoms with Crippen molar-refractivity contribution in [2.75, 3.05) is 11.1 Å². The second kappa shape index (κ2) is 10.9. The van der Waals surface area contributed by atoms with E-state index in [2.05, 4.69) is 20.8 Å². The third-order valence-electron chi connectivity index (χ3n) is 5.91. The van der Waals surface area contributed by atoms with Crippen molar-refractivity contribution in [1.29, 1.82) is 0 Å². The van der Waals surface area contributed by atoms with Crippen LogP contribution in [0, 0.1) is 6.92 Å². The molecule has 9 nitrogen and oxygen atoms in total. The maximum Gasteiger partial charge on any atom is 0.262 e. The Labute approximate surface area is 213 Å². The first-order chi connectivity index (χ1) is 17.3. The highest BCUT2D eigenvalue weighted by Crippen LogP contribution is 2.23. The first-order valence-corrected chi connectivity index (χ1v) is 13.0. The Balaban J connectivity index is 1.72. The van der Waals surface area contributed by atoms with Crippen molar-refractivity contribution < 1.29 is 9.59 Å². The standard InChI is InChI=1S/C26H30N6O3S/c1-5-12-31-24(35)20-11-10-18(23(34)27-17(4)6-2)14-21(20)32-25(31)29-30-26(32)36-15-22(33)28-19-9-7-8-16(3)13-19/h7-11,13-14,17H,5-6,12,15H2,1-4H3,(H,27,34)(H,28,33). The van der Waals surface area contributed by atoms with Gasteiger partial charge in [-0.05, 0) is 62.6 Å². The van der Waals surface area contributed by atoms with Crippen LogP contribution in [0.15, 0.2) is 52.4 Å². The SMILES string of the molecule is CCCn1c(=O)c2ccc(C(=O)NC(C)CC)cc2n2c(SCC(=O)Nc3cccc(C)c3)nnc12. The molecule has 0 saturated carbocycles. The quantitative estimate of drug-likeness (QED) is 0.332. The van der Waals surface area contributed by atoms with Crippen LogP contribution in [0.1, 0.15) is 49.5 Å². The molecule has 0 aliphatic carbocycles. The van der Waals surface area contributed by atoms with E-state index >= 15 is 0 Å². The Bertz CT molecular complexity index is 1490. The monoisotopic (exact) mass is 506 g/mol. The highest BCUT2D eigenvalue weighted by atomic mass is 32.2. The Morgan fingerprint density at radius 1 is 1.11 bits per heavy atom. The minimum absolute atomic E-state index is 0.0266. The van der Waals surface area contributed by atoms with Crippen LogP contribution < -0.4 is 16.2 Å². The highest BCUT2D eigenvalue weighted by molar-refractivity contribution is 7.99. The van der Waals surface area contributed by atoms with Crippen LogP contribution in [-0.4, -0.2) is 42.8 Å². The maximum atomic E-state index is 13.3. The average molecular weight is 507 g/mol. The van der Waals surface area contributed by atoms with Gasteiger partial charge in [0.1, 0.15) is 0 Å². The molecule has 0 fully saturated rings. The fourth-order valence-corrected chi connectivity index (χ4v) is 4.64. The molecular formula is C26H30N6O3S. The lowest BCUT2D eigenvalue weighted by Crippen LogP contribution is -2.32. The van der Waals surface area contributed by atoms with Gasteiger partial charge in [0.05, 0.1) is 16.7 Å². The van der Waals surface area contributed by atoms with Crippen LogP contribution in [0.5, 0.6) is 0 Å². The summed E-state index contributed by atoms with van der Waals surface area (Å²) in [5.74, 6) is 0.103. The van der Waals surface area contributed by atoms with Gasteiger partial charge in [0, 0.05) is 23.8 Å². The van der Waals surface area contributed by atoms with Gasteiger partial charge in [-0.2, -0.15) is 0 Å². The van der Waals surface area contributed by atoms with Gasteiger partial charge in [-0.15, -0.1) is 10.2 Å². The van der Waals surface area contributed by atoms with Gasteiger partial charge in [0.15, 0.2) is 5.16 Å². The summed E-state index contributed by atoms with van der Waals surface area (Å²) < 4.78 is 3.35. The maximum absolute atomic E-state index is 13.3. The van der Waals surface area contributed by atoms with Gasteiger partial charge < -0.3 is 10.6 Å². The molecule has 0 aliphatic heterocycles. The number of aromatic nitrogens is 4. The van der Waals surface area contributed by atoms with Crippen LogP contribution >= 0.6 is 11.8 Å². The number of carbonyl (C=O) groups excluding carboxylic acids is 2. The second-order valence-electron chi connectivity index (χ2n) is 8.80. The van der Waals surface area contributed by atoms with Crippen LogP contribution in [0.3, 0.4) is 0 Å². The van der Waals surface area contributed by atoms with E-state index in [1.54, 1.807) is 27.2 Å². The summed E-state index contributed by atoms with van der Waals surface area (Å²) in [7, 11) is 0. The number of nitrogens with zero attached hydrogens (tertiary/aromatic N) is 4. The lowest BCUT2D eigenvalue weighted by atomic mass is 10.1. The number of rotatable bonds is 9. The Hall–Kier alpha value is -3.66. The average Bonchev–Trinajstić information content (AvgIpc) is 3.29. The smallest absolute Gasteiger partial charge is 0.262 e. The van der Waals surface area contributed by atoms with Crippen molar-refractivity contribution in [2.24, 2.45) is 0 Å². The molecule has 2 aromatic carbocycles. The predicted octanol–water partition coefficient (Wildman–Crippen LogP) is 4.02. The van der Waals surface area contributed by atoms with Crippen molar-refractivity contribution in [3.8, 4) is 0 Å². The molecule has 0 aliphatic rings. The zero-order valence-corrected chi connectivity index (χ0v) is 21.7. The number of aryl methyl sites for hydroxylation is 2. The molecule has 10 heteroatoms. The Morgan fingerprint density at radius 2 is 1.92 bits per heavy atom. The molecule has 4 aromatic rings. The molecule has 36 heavy (non-hydrogen) atoms. The minimum Gasteiger partial charge on any atom is -0.350 e. The van der Waals surface area contributed by atoms with Crippen molar-refractivity contribution >= 4 is 45.9 Å². The molecule has 2 N–H and O–H groups in total. The summed E-state index contributed by atoms with van der Waals surface area (Å²) in [4.78, 5) is 38.7. The van der Waals surface area contributed by atoms with Crippen molar-refractivity contribution in [1.82, 2.24) is 24.5 Å². The number of carbonyl (C=O) groups is 2. The zero-order chi connectivity index (χ0) is 25.8. The molecule has 0 radical (unpaired) electrons. The van der Waals surface area contributed by atoms with E-state index in [1.807, 2.05) is 52.0 Å². The third-order valence-corrected chi connectivity index (χ3v) is 6.83. The second-order valence-corrected chi connectivity index (χ2v) is 9.74. The van der Waals surface area contributed by atoms with Crippen LogP contribution in [-0.2, 0) is 11.3 Å². The van der Waals surface area contributed by atoms with Crippen LogP contribution in [0.4, 0.5) is 5.69 Å². The fraction of sp³-hybridized carbons (Fsp3) is 0.346. The topological polar surface area (TPSA) is 110 Å². The molecule has 1 atom stereocenters. The number of hydrogen-bond acceptors (Lipinski definition) is 6. The van der Waals surface area contributed by atoms with E-state index in [1.165, 1.54) is 11.8 Å². The molecule has 0 spiro atoms. The Kier molecular flexibility index (Phi) is 7.73. The number of benzene rings is 2. The number of amides is 2. The lowest BCUT2D eigenvalue weighted by molar-refractivity contribution is -0.113. The molecule has 1 unspecified atom stereocenters. The van der Waals surface area contributed by atoms with E-state index in [0.717, 1.165) is 24.1 Å². The van der Waals surface area contributed by atoms with Gasteiger partial charge in [-0.25, -0.2) is 0 Å². The van der Waals surface area contributed by atoms with Crippen molar-refractivity contribution in [3.05, 3.63) is 63.9 Å². The summed E-state index contributed by atoms with van der Waals surface area (Å²) in [6, 6.07) is 12.6. The molecule has 2 aromatic heterocycles. The van der Waals surface area contributed by atoms with Crippen LogP contribution in [0.2, 0.25) is 0 Å². The molecule has 4 rings (SSSR count). The lowest BCUT2D eigenvalue weighted by Gasteiger charge is -2.14. The normalized spacial score (nSPS) is 12.1. The molecule has 0 bridgehead atoms. The summed E-state index contributed by atoms with van der Waals surface area (Å²) in [5, 5.41) is 15.4. The summed E-state index contributed by atoms with van der Waals surface area (Å²) in [5.41, 5.74) is 2.57. The van der Waals surface area contributed by atoms with Gasteiger partial charge in [0.25, 0.3) is 11.5 Å². The van der Waals surface area contributed by atoms with E-state index in [4.69, 9.17) is 0 Å². The molecule has 2 heterocycles. The molecule has 2 amide bonds. The first-order valence-electron chi connectivity index (χ1n) is 12.0. The van der Waals surface area contributed by atoms with Gasteiger partial charge in [-0.1, -0.05) is 37.7 Å². The number of thioether (sulfide) groups is 1. The Morgan fingerprint density at radius 3 is 2.64 bits per heavy atom. The predicted molar refractivity (Wildman–Crippen MR) is 143 cm³/mol. The van der Waals surface area contributed by atoms with Gasteiger partial charge >= 0.3 is 0 Å². The van der Waals surface area contributed by atoms with E-state index < -0.39 is 0 Å². The number of fused-ring (bicyclic) bond motifs is 3. The minimum atomic E-state index is -0.211. The van der Waals surface area contributed by atoms with Crippen molar-refractivity contribution in [2.45, 2.75) is 58.3 Å². The third kappa shape index (κ3) is 5.28. The largest absolute Gasteiger partial charge is 0.350 e. The van der Waals surface area contributed by atoms with Crippen molar-refractivity contribution in [3.63, 3.8) is 0 Å². The van der Waals surface area contributed by atoms with Gasteiger partial charge in [-0.3, -0.25) is 23.4 Å².